The van der Waals surface area contributed by atoms with E-state index in [9.17, 15) is 4.79 Å². The zero-order valence-electron chi connectivity index (χ0n) is 9.88. The second-order valence-corrected chi connectivity index (χ2v) is 4.42. The minimum atomic E-state index is -0.609. The van der Waals surface area contributed by atoms with Crippen molar-refractivity contribution in [3.05, 3.63) is 0 Å². The van der Waals surface area contributed by atoms with Gasteiger partial charge in [0.2, 0.25) is 0 Å². The summed E-state index contributed by atoms with van der Waals surface area (Å²) in [4.78, 5) is 11.3. The Hall–Kier alpha value is -0.570. The highest BCUT2D eigenvalue weighted by Crippen LogP contribution is 2.27. The lowest BCUT2D eigenvalue weighted by Gasteiger charge is -2.06. The molecule has 3 heteroatoms. The number of unbranched alkanes of at least 4 members (excludes halogenated alkanes) is 5. The summed E-state index contributed by atoms with van der Waals surface area (Å²) in [5.74, 6) is -0.198. The van der Waals surface area contributed by atoms with Gasteiger partial charge in [0.15, 0.2) is 5.60 Å². The molecule has 0 N–H and O–H groups in total. The van der Waals surface area contributed by atoms with Crippen molar-refractivity contribution >= 4 is 5.97 Å². The number of carbonyl (C=O) groups is 1. The molecule has 1 aliphatic heterocycles. The van der Waals surface area contributed by atoms with E-state index in [1.807, 2.05) is 0 Å². The average Bonchev–Trinajstić information content (AvgIpc) is 2.96. The Kier molecular flexibility index (Phi) is 5.09. The van der Waals surface area contributed by atoms with Crippen molar-refractivity contribution in [3.63, 3.8) is 0 Å². The highest BCUT2D eigenvalue weighted by Gasteiger charge is 2.48. The van der Waals surface area contributed by atoms with Gasteiger partial charge in [0.1, 0.15) is 0 Å². The SMILES string of the molecule is CCCCCCCCOC(=O)C1(C)CO1. The van der Waals surface area contributed by atoms with Gasteiger partial charge in [-0.25, -0.2) is 4.79 Å². The predicted octanol–water partition coefficient (Wildman–Crippen LogP) is 2.68. The molecule has 1 atom stereocenters. The molecule has 1 unspecified atom stereocenters. The lowest BCUT2D eigenvalue weighted by atomic mass is 10.1. The van der Waals surface area contributed by atoms with Crippen molar-refractivity contribution in [3.8, 4) is 0 Å². The highest BCUT2D eigenvalue weighted by atomic mass is 16.6. The quantitative estimate of drug-likeness (QED) is 0.354. The third-order valence-corrected chi connectivity index (χ3v) is 2.74. The van der Waals surface area contributed by atoms with Crippen molar-refractivity contribution in [1.29, 1.82) is 0 Å². The molecule has 0 spiro atoms. The van der Waals surface area contributed by atoms with Gasteiger partial charge in [-0.05, 0) is 13.3 Å². The molecule has 88 valence electrons. The topological polar surface area (TPSA) is 38.8 Å². The molecule has 15 heavy (non-hydrogen) atoms. The molecule has 1 rings (SSSR count). The van der Waals surface area contributed by atoms with Crippen molar-refractivity contribution in [2.24, 2.45) is 0 Å². The largest absolute Gasteiger partial charge is 0.463 e. The summed E-state index contributed by atoms with van der Waals surface area (Å²) in [6.45, 7) is 5.04. The van der Waals surface area contributed by atoms with Crippen molar-refractivity contribution in [1.82, 2.24) is 0 Å². The number of carbonyl (C=O) groups excluding carboxylic acids is 1. The maximum Gasteiger partial charge on any atom is 0.340 e. The van der Waals surface area contributed by atoms with Crippen LogP contribution in [0.4, 0.5) is 0 Å². The Morgan fingerprint density at radius 1 is 1.27 bits per heavy atom. The van der Waals surface area contributed by atoms with Crippen molar-refractivity contribution in [2.45, 2.75) is 58.0 Å². The van der Waals surface area contributed by atoms with Gasteiger partial charge in [-0.1, -0.05) is 39.0 Å². The van der Waals surface area contributed by atoms with E-state index in [1.165, 1.54) is 25.7 Å². The summed E-state index contributed by atoms with van der Waals surface area (Å²) >= 11 is 0. The van der Waals surface area contributed by atoms with Gasteiger partial charge in [-0.15, -0.1) is 0 Å². The third kappa shape index (κ3) is 4.65. The summed E-state index contributed by atoms with van der Waals surface area (Å²) in [5, 5.41) is 0. The molecule has 1 aliphatic rings. The molecule has 0 aromatic carbocycles. The molecule has 1 heterocycles. The molecular weight excluding hydrogens is 192 g/mol. The first-order valence-electron chi connectivity index (χ1n) is 6.00. The molecule has 0 amide bonds. The van der Waals surface area contributed by atoms with Crippen LogP contribution in [0.25, 0.3) is 0 Å². The van der Waals surface area contributed by atoms with Gasteiger partial charge >= 0.3 is 5.97 Å². The summed E-state index contributed by atoms with van der Waals surface area (Å²) in [6, 6.07) is 0. The predicted molar refractivity (Wildman–Crippen MR) is 58.7 cm³/mol. The summed E-state index contributed by atoms with van der Waals surface area (Å²) in [7, 11) is 0. The number of hydrogen-bond donors (Lipinski definition) is 0. The van der Waals surface area contributed by atoms with Crippen LogP contribution in [0.3, 0.4) is 0 Å². The van der Waals surface area contributed by atoms with Gasteiger partial charge in [-0.2, -0.15) is 0 Å². The molecule has 3 nitrogen and oxygen atoms in total. The van der Waals surface area contributed by atoms with Crippen LogP contribution >= 0.6 is 0 Å². The van der Waals surface area contributed by atoms with E-state index in [0.29, 0.717) is 13.2 Å². The lowest BCUT2D eigenvalue weighted by molar-refractivity contribution is -0.149. The fourth-order valence-corrected chi connectivity index (χ4v) is 1.43. The lowest BCUT2D eigenvalue weighted by Crippen LogP contribution is -2.23. The Labute approximate surface area is 92.1 Å². The monoisotopic (exact) mass is 214 g/mol. The molecule has 0 aliphatic carbocycles. The summed E-state index contributed by atoms with van der Waals surface area (Å²) in [6.07, 6.45) is 7.26. The van der Waals surface area contributed by atoms with Crippen LogP contribution in [0.1, 0.15) is 52.4 Å². The maximum atomic E-state index is 11.3. The van der Waals surface area contributed by atoms with Gasteiger partial charge in [0.25, 0.3) is 0 Å². The molecular formula is C12H22O3. The van der Waals surface area contributed by atoms with Gasteiger partial charge in [0, 0.05) is 0 Å². The zero-order valence-corrected chi connectivity index (χ0v) is 9.88. The van der Waals surface area contributed by atoms with Crippen LogP contribution in [0.5, 0.6) is 0 Å². The van der Waals surface area contributed by atoms with Crippen LogP contribution in [-0.2, 0) is 14.3 Å². The van der Waals surface area contributed by atoms with E-state index in [4.69, 9.17) is 9.47 Å². The number of hydrogen-bond acceptors (Lipinski definition) is 3. The normalized spacial score (nSPS) is 23.9. The second kappa shape index (κ2) is 6.11. The molecule has 0 bridgehead atoms. The van der Waals surface area contributed by atoms with Crippen LogP contribution in [-0.4, -0.2) is 24.8 Å². The van der Waals surface area contributed by atoms with Crippen molar-refractivity contribution < 1.29 is 14.3 Å². The number of epoxide rings is 1. The van der Waals surface area contributed by atoms with E-state index in [1.54, 1.807) is 6.92 Å². The molecule has 1 saturated heterocycles. The molecule has 1 fully saturated rings. The van der Waals surface area contributed by atoms with E-state index < -0.39 is 5.60 Å². The van der Waals surface area contributed by atoms with Crippen molar-refractivity contribution in [2.75, 3.05) is 13.2 Å². The van der Waals surface area contributed by atoms with E-state index in [-0.39, 0.29) is 5.97 Å². The fourth-order valence-electron chi connectivity index (χ4n) is 1.43. The number of esters is 1. The van der Waals surface area contributed by atoms with Gasteiger partial charge < -0.3 is 9.47 Å². The summed E-state index contributed by atoms with van der Waals surface area (Å²) in [5.41, 5.74) is -0.609. The maximum absolute atomic E-state index is 11.3. The van der Waals surface area contributed by atoms with Crippen LogP contribution in [0, 0.1) is 0 Å². The smallest absolute Gasteiger partial charge is 0.340 e. The molecule has 0 radical (unpaired) electrons. The van der Waals surface area contributed by atoms with Gasteiger partial charge in [0.05, 0.1) is 13.2 Å². The standard InChI is InChI=1S/C12H22O3/c1-3-4-5-6-7-8-9-14-11(13)12(2)10-15-12/h3-10H2,1-2H3. The summed E-state index contributed by atoms with van der Waals surface area (Å²) < 4.78 is 10.1. The number of rotatable bonds is 8. The van der Waals surface area contributed by atoms with Crippen LogP contribution in [0.2, 0.25) is 0 Å². The first-order chi connectivity index (χ1) is 7.19. The highest BCUT2D eigenvalue weighted by molar-refractivity contribution is 5.81. The van der Waals surface area contributed by atoms with E-state index >= 15 is 0 Å². The molecule has 0 aromatic heterocycles. The Morgan fingerprint density at radius 3 is 2.47 bits per heavy atom. The Morgan fingerprint density at radius 2 is 1.87 bits per heavy atom. The first kappa shape index (κ1) is 12.5. The fraction of sp³-hybridized carbons (Fsp3) is 0.917. The minimum Gasteiger partial charge on any atom is -0.463 e. The van der Waals surface area contributed by atoms with E-state index in [2.05, 4.69) is 6.92 Å². The molecule has 0 saturated carbocycles. The number of ether oxygens (including phenoxy) is 2. The van der Waals surface area contributed by atoms with Gasteiger partial charge in [-0.3, -0.25) is 0 Å². The zero-order chi connectivity index (χ0) is 11.1. The Balaban J connectivity index is 1.86. The van der Waals surface area contributed by atoms with Crippen LogP contribution in [0.15, 0.2) is 0 Å². The third-order valence-electron chi connectivity index (χ3n) is 2.74. The van der Waals surface area contributed by atoms with E-state index in [0.717, 1.165) is 12.8 Å². The molecule has 0 aromatic rings. The minimum absolute atomic E-state index is 0.198. The van der Waals surface area contributed by atoms with Crippen LogP contribution < -0.4 is 0 Å². The first-order valence-corrected chi connectivity index (χ1v) is 6.00. The second-order valence-electron chi connectivity index (χ2n) is 4.42. The Bertz CT molecular complexity index is 197. The average molecular weight is 214 g/mol.